The second kappa shape index (κ2) is 8.38. The Balaban J connectivity index is 1.84. The second-order valence-corrected chi connectivity index (χ2v) is 7.07. The summed E-state index contributed by atoms with van der Waals surface area (Å²) in [4.78, 5) is 29.0. The lowest BCUT2D eigenvalue weighted by atomic mass is 9.99. The third-order valence-corrected chi connectivity index (χ3v) is 5.39. The molecule has 0 spiro atoms. The fourth-order valence-electron chi connectivity index (χ4n) is 3.85. The van der Waals surface area contributed by atoms with Crippen LogP contribution in [0, 0.1) is 0 Å². The zero-order chi connectivity index (χ0) is 19.4. The van der Waals surface area contributed by atoms with Gasteiger partial charge in [-0.1, -0.05) is 56.3 Å². The van der Waals surface area contributed by atoms with E-state index in [0.717, 1.165) is 36.1 Å². The third kappa shape index (κ3) is 4.05. The molecule has 0 saturated heterocycles. The van der Waals surface area contributed by atoms with E-state index in [-0.39, 0.29) is 18.4 Å². The number of carbonyl (C=O) groups is 2. The molecule has 0 radical (unpaired) electrons. The first kappa shape index (κ1) is 19.2. The standard InChI is InChI=1S/C23H28N2O2/c1-4-18-11-8-12-19(5-2)23(18)25(17(3)26)16-22(27)24-14-13-20-9-6-7-10-21(20)15-24/h6-12H,4-5,13-16H2,1-3H3. The van der Waals surface area contributed by atoms with E-state index in [0.29, 0.717) is 13.1 Å². The van der Waals surface area contributed by atoms with Crippen LogP contribution in [0.3, 0.4) is 0 Å². The SMILES string of the molecule is CCc1cccc(CC)c1N(CC(=O)N1CCc2ccccc2C1)C(C)=O. The number of hydrogen-bond acceptors (Lipinski definition) is 2. The third-order valence-electron chi connectivity index (χ3n) is 5.39. The fourth-order valence-corrected chi connectivity index (χ4v) is 3.85. The Morgan fingerprint density at radius 2 is 1.59 bits per heavy atom. The van der Waals surface area contributed by atoms with E-state index in [9.17, 15) is 9.59 Å². The predicted molar refractivity (Wildman–Crippen MR) is 109 cm³/mol. The number of amides is 2. The molecule has 0 saturated carbocycles. The molecule has 0 bridgehead atoms. The van der Waals surface area contributed by atoms with Crippen LogP contribution in [0.5, 0.6) is 0 Å². The molecule has 2 aromatic carbocycles. The smallest absolute Gasteiger partial charge is 0.242 e. The number of aryl methyl sites for hydroxylation is 2. The summed E-state index contributed by atoms with van der Waals surface area (Å²) in [6, 6.07) is 14.4. The maximum absolute atomic E-state index is 13.0. The largest absolute Gasteiger partial charge is 0.336 e. The van der Waals surface area contributed by atoms with Gasteiger partial charge in [0.05, 0.1) is 5.69 Å². The highest BCUT2D eigenvalue weighted by molar-refractivity contribution is 5.98. The van der Waals surface area contributed by atoms with Crippen molar-refractivity contribution in [2.45, 2.75) is 46.6 Å². The minimum atomic E-state index is -0.0867. The number of para-hydroxylation sites is 1. The number of anilines is 1. The first-order valence-electron chi connectivity index (χ1n) is 9.78. The van der Waals surface area contributed by atoms with Crippen LogP contribution in [-0.2, 0) is 35.4 Å². The van der Waals surface area contributed by atoms with Crippen LogP contribution in [0.15, 0.2) is 42.5 Å². The molecule has 0 unspecified atom stereocenters. The molecule has 3 rings (SSSR count). The lowest BCUT2D eigenvalue weighted by molar-refractivity contribution is -0.132. The zero-order valence-corrected chi connectivity index (χ0v) is 16.5. The van der Waals surface area contributed by atoms with Gasteiger partial charge >= 0.3 is 0 Å². The van der Waals surface area contributed by atoms with E-state index in [1.165, 1.54) is 11.1 Å². The molecular weight excluding hydrogens is 336 g/mol. The van der Waals surface area contributed by atoms with Crippen molar-refractivity contribution in [2.24, 2.45) is 0 Å². The lowest BCUT2D eigenvalue weighted by Crippen LogP contribution is -2.44. The van der Waals surface area contributed by atoms with E-state index in [4.69, 9.17) is 0 Å². The van der Waals surface area contributed by atoms with Crippen molar-refractivity contribution in [1.82, 2.24) is 4.90 Å². The number of fused-ring (bicyclic) bond motifs is 1. The molecule has 0 N–H and O–H groups in total. The molecule has 0 atom stereocenters. The molecule has 0 fully saturated rings. The maximum atomic E-state index is 13.0. The molecule has 1 aliphatic rings. The molecule has 1 heterocycles. The Morgan fingerprint density at radius 1 is 0.963 bits per heavy atom. The maximum Gasteiger partial charge on any atom is 0.242 e. The highest BCUT2D eigenvalue weighted by atomic mass is 16.2. The topological polar surface area (TPSA) is 40.6 Å². The highest BCUT2D eigenvalue weighted by Gasteiger charge is 2.26. The number of hydrogen-bond donors (Lipinski definition) is 0. The van der Waals surface area contributed by atoms with Gasteiger partial charge in [-0.25, -0.2) is 0 Å². The molecule has 4 heteroatoms. The summed E-state index contributed by atoms with van der Waals surface area (Å²) in [5.41, 5.74) is 5.66. The van der Waals surface area contributed by atoms with Gasteiger partial charge in [-0.2, -0.15) is 0 Å². The van der Waals surface area contributed by atoms with E-state index < -0.39 is 0 Å². The second-order valence-electron chi connectivity index (χ2n) is 7.07. The van der Waals surface area contributed by atoms with Crippen LogP contribution in [0.4, 0.5) is 5.69 Å². The average molecular weight is 364 g/mol. The minimum Gasteiger partial charge on any atom is -0.336 e. The van der Waals surface area contributed by atoms with Crippen LogP contribution in [0.1, 0.15) is 43.0 Å². The number of benzene rings is 2. The Kier molecular flexibility index (Phi) is 5.94. The number of rotatable bonds is 5. The lowest BCUT2D eigenvalue weighted by Gasteiger charge is -2.32. The van der Waals surface area contributed by atoms with Crippen LogP contribution in [-0.4, -0.2) is 29.8 Å². The first-order chi connectivity index (χ1) is 13.0. The Morgan fingerprint density at radius 3 is 2.19 bits per heavy atom. The van der Waals surface area contributed by atoms with Gasteiger partial charge in [-0.15, -0.1) is 0 Å². The Labute approximate surface area is 161 Å². The van der Waals surface area contributed by atoms with Gasteiger partial charge < -0.3 is 9.80 Å². The molecule has 0 aliphatic carbocycles. The van der Waals surface area contributed by atoms with Gasteiger partial charge in [0.15, 0.2) is 0 Å². The molecule has 2 amide bonds. The van der Waals surface area contributed by atoms with Gasteiger partial charge in [-0.3, -0.25) is 9.59 Å². The van der Waals surface area contributed by atoms with E-state index in [1.54, 1.807) is 11.8 Å². The molecular formula is C23H28N2O2. The number of carbonyl (C=O) groups excluding carboxylic acids is 2. The van der Waals surface area contributed by atoms with E-state index in [1.807, 2.05) is 35.2 Å². The zero-order valence-electron chi connectivity index (χ0n) is 16.5. The van der Waals surface area contributed by atoms with Crippen LogP contribution < -0.4 is 4.90 Å². The summed E-state index contributed by atoms with van der Waals surface area (Å²) in [5, 5.41) is 0. The normalized spacial score (nSPS) is 13.2. The van der Waals surface area contributed by atoms with Crippen molar-refractivity contribution in [3.8, 4) is 0 Å². The highest BCUT2D eigenvalue weighted by Crippen LogP contribution is 2.28. The minimum absolute atomic E-state index is 0.00709. The summed E-state index contributed by atoms with van der Waals surface area (Å²) in [5.74, 6) is -0.0796. The molecule has 4 nitrogen and oxygen atoms in total. The summed E-state index contributed by atoms with van der Waals surface area (Å²) in [6.45, 7) is 7.14. The Hall–Kier alpha value is -2.62. The average Bonchev–Trinajstić information content (AvgIpc) is 2.70. The van der Waals surface area contributed by atoms with Crippen LogP contribution >= 0.6 is 0 Å². The fraction of sp³-hybridized carbons (Fsp3) is 0.391. The first-order valence-corrected chi connectivity index (χ1v) is 9.78. The monoisotopic (exact) mass is 364 g/mol. The molecule has 2 aromatic rings. The predicted octanol–water partition coefficient (Wildman–Crippen LogP) is 3.75. The summed E-state index contributed by atoms with van der Waals surface area (Å²) >= 11 is 0. The van der Waals surface area contributed by atoms with Crippen molar-refractivity contribution in [2.75, 3.05) is 18.0 Å². The van der Waals surface area contributed by atoms with Gasteiger partial charge in [0.2, 0.25) is 11.8 Å². The van der Waals surface area contributed by atoms with Crippen molar-refractivity contribution < 1.29 is 9.59 Å². The van der Waals surface area contributed by atoms with Crippen molar-refractivity contribution >= 4 is 17.5 Å². The summed E-state index contributed by atoms with van der Waals surface area (Å²) in [6.07, 6.45) is 2.53. The molecule has 142 valence electrons. The van der Waals surface area contributed by atoms with Crippen molar-refractivity contribution in [3.63, 3.8) is 0 Å². The summed E-state index contributed by atoms with van der Waals surface area (Å²) < 4.78 is 0. The molecule has 0 aromatic heterocycles. The van der Waals surface area contributed by atoms with E-state index >= 15 is 0 Å². The van der Waals surface area contributed by atoms with Gasteiger partial charge in [0, 0.05) is 20.0 Å². The molecule has 27 heavy (non-hydrogen) atoms. The quantitative estimate of drug-likeness (QED) is 0.811. The van der Waals surface area contributed by atoms with Crippen molar-refractivity contribution in [1.29, 1.82) is 0 Å². The van der Waals surface area contributed by atoms with E-state index in [2.05, 4.69) is 26.0 Å². The summed E-state index contributed by atoms with van der Waals surface area (Å²) in [7, 11) is 0. The molecule has 1 aliphatic heterocycles. The van der Waals surface area contributed by atoms with Crippen molar-refractivity contribution in [3.05, 3.63) is 64.7 Å². The van der Waals surface area contributed by atoms with Crippen LogP contribution in [0.2, 0.25) is 0 Å². The van der Waals surface area contributed by atoms with Gasteiger partial charge in [0.1, 0.15) is 6.54 Å². The Bertz CT molecular complexity index is 822. The number of nitrogens with zero attached hydrogens (tertiary/aromatic N) is 2. The van der Waals surface area contributed by atoms with Crippen LogP contribution in [0.25, 0.3) is 0 Å². The van der Waals surface area contributed by atoms with Gasteiger partial charge in [0.25, 0.3) is 0 Å². The van der Waals surface area contributed by atoms with Gasteiger partial charge in [-0.05, 0) is 41.5 Å².